The van der Waals surface area contributed by atoms with E-state index in [1.54, 1.807) is 4.90 Å². The summed E-state index contributed by atoms with van der Waals surface area (Å²) in [5, 5.41) is 10.2. The van der Waals surface area contributed by atoms with Crippen molar-refractivity contribution in [3.05, 3.63) is 0 Å². The van der Waals surface area contributed by atoms with Gasteiger partial charge in [0, 0.05) is 45.9 Å². The topological polar surface area (TPSA) is 56.2 Å². The van der Waals surface area contributed by atoms with Crippen LogP contribution in [0.2, 0.25) is 0 Å². The summed E-state index contributed by atoms with van der Waals surface area (Å²) in [6.45, 7) is 7.57. The lowest BCUT2D eigenvalue weighted by Crippen LogP contribution is -2.52. The van der Waals surface area contributed by atoms with Crippen LogP contribution in [0.4, 0.5) is 0 Å². The van der Waals surface area contributed by atoms with Crippen LogP contribution >= 0.6 is 0 Å². The highest BCUT2D eigenvalue weighted by Gasteiger charge is 2.38. The van der Waals surface area contributed by atoms with Gasteiger partial charge in [0.05, 0.1) is 12.1 Å². The number of piperazine rings is 1. The van der Waals surface area contributed by atoms with Gasteiger partial charge in [-0.25, -0.2) is 0 Å². The maximum Gasteiger partial charge on any atom is 0.248 e. The molecule has 2 fully saturated rings. The molecule has 2 aliphatic heterocycles. The van der Waals surface area contributed by atoms with Crippen molar-refractivity contribution in [3.8, 4) is 0 Å². The van der Waals surface area contributed by atoms with Crippen molar-refractivity contribution in [2.24, 2.45) is 0 Å². The van der Waals surface area contributed by atoms with Crippen molar-refractivity contribution in [2.75, 3.05) is 59.5 Å². The van der Waals surface area contributed by atoms with Gasteiger partial charge < -0.3 is 19.6 Å². The fourth-order valence-corrected chi connectivity index (χ4v) is 2.77. The molecule has 2 aliphatic rings. The van der Waals surface area contributed by atoms with E-state index in [-0.39, 0.29) is 18.6 Å². The number of aliphatic hydroxyl groups is 1. The molecule has 0 saturated carbocycles. The molecule has 2 saturated heterocycles. The summed E-state index contributed by atoms with van der Waals surface area (Å²) >= 11 is 0. The summed E-state index contributed by atoms with van der Waals surface area (Å²) in [4.78, 5) is 18.2. The normalized spacial score (nSPS) is 29.9. The molecule has 0 aliphatic carbocycles. The van der Waals surface area contributed by atoms with Crippen molar-refractivity contribution in [3.63, 3.8) is 0 Å². The van der Waals surface area contributed by atoms with Gasteiger partial charge in [-0.15, -0.1) is 0 Å². The third-order valence-electron chi connectivity index (χ3n) is 4.05. The van der Waals surface area contributed by atoms with E-state index >= 15 is 0 Å². The maximum absolute atomic E-state index is 11.9. The number of rotatable bonds is 4. The molecule has 6 nitrogen and oxygen atoms in total. The average molecular weight is 271 g/mol. The molecule has 2 heterocycles. The first-order valence-corrected chi connectivity index (χ1v) is 7.08. The number of amides is 1. The Kier molecular flexibility index (Phi) is 5.15. The lowest BCUT2D eigenvalue weighted by molar-refractivity contribution is -0.135. The molecule has 2 atom stereocenters. The van der Waals surface area contributed by atoms with E-state index in [0.29, 0.717) is 19.7 Å². The minimum atomic E-state index is -0.436. The number of hydrogen-bond acceptors (Lipinski definition) is 5. The lowest BCUT2D eigenvalue weighted by Gasteiger charge is -2.37. The molecule has 0 aromatic carbocycles. The fraction of sp³-hybridized carbons (Fsp3) is 0.923. The van der Waals surface area contributed by atoms with E-state index in [1.807, 2.05) is 6.92 Å². The Balaban J connectivity index is 1.85. The van der Waals surface area contributed by atoms with Gasteiger partial charge in [-0.05, 0) is 14.0 Å². The first kappa shape index (κ1) is 14.7. The zero-order chi connectivity index (χ0) is 13.8. The molecular formula is C13H25N3O3. The number of carbonyl (C=O) groups is 1. The van der Waals surface area contributed by atoms with Crippen LogP contribution in [-0.2, 0) is 9.53 Å². The first-order chi connectivity index (χ1) is 9.11. The molecule has 0 spiro atoms. The largest absolute Gasteiger partial charge is 0.390 e. The number of carbonyl (C=O) groups excluding carboxylic acids is 1. The Morgan fingerprint density at radius 1 is 1.26 bits per heavy atom. The van der Waals surface area contributed by atoms with Crippen molar-refractivity contribution in [1.29, 1.82) is 0 Å². The minimum Gasteiger partial charge on any atom is -0.390 e. The molecule has 0 aromatic heterocycles. The number of aliphatic hydroxyl groups excluding tert-OH is 1. The summed E-state index contributed by atoms with van der Waals surface area (Å²) in [5.74, 6) is -0.0162. The third kappa shape index (κ3) is 3.66. The number of ether oxygens (including phenoxy) is 1. The van der Waals surface area contributed by atoms with Gasteiger partial charge in [-0.2, -0.15) is 0 Å². The smallest absolute Gasteiger partial charge is 0.248 e. The summed E-state index contributed by atoms with van der Waals surface area (Å²) in [6.07, 6.45) is -0.436. The fourth-order valence-electron chi connectivity index (χ4n) is 2.77. The lowest BCUT2D eigenvalue weighted by atomic mass is 10.1. The second kappa shape index (κ2) is 6.65. The van der Waals surface area contributed by atoms with Crippen molar-refractivity contribution < 1.29 is 14.6 Å². The molecule has 2 rings (SSSR count). The Morgan fingerprint density at radius 3 is 2.58 bits per heavy atom. The Labute approximate surface area is 114 Å². The van der Waals surface area contributed by atoms with Crippen LogP contribution in [0.25, 0.3) is 0 Å². The number of hydrogen-bond donors (Lipinski definition) is 1. The molecule has 1 N–H and O–H groups in total. The zero-order valence-electron chi connectivity index (χ0n) is 11.9. The molecule has 0 aromatic rings. The SMILES string of the molecule is CCOCC(=O)N1C[C@@H](O)[C@H](N2CCN(C)CC2)C1. The number of likely N-dealkylation sites (tertiary alicyclic amines) is 1. The second-order valence-electron chi connectivity index (χ2n) is 5.41. The van der Waals surface area contributed by atoms with E-state index in [2.05, 4.69) is 16.8 Å². The molecule has 1 amide bonds. The van der Waals surface area contributed by atoms with E-state index in [4.69, 9.17) is 4.74 Å². The van der Waals surface area contributed by atoms with Crippen LogP contribution in [0.15, 0.2) is 0 Å². The number of nitrogens with zero attached hydrogens (tertiary/aromatic N) is 3. The van der Waals surface area contributed by atoms with E-state index in [1.165, 1.54) is 0 Å². The van der Waals surface area contributed by atoms with Gasteiger partial charge in [0.1, 0.15) is 6.61 Å². The number of likely N-dealkylation sites (N-methyl/N-ethyl adjacent to an activating group) is 1. The van der Waals surface area contributed by atoms with E-state index in [9.17, 15) is 9.90 Å². The Hall–Kier alpha value is -0.690. The van der Waals surface area contributed by atoms with E-state index in [0.717, 1.165) is 26.2 Å². The summed E-state index contributed by atoms with van der Waals surface area (Å²) < 4.78 is 5.14. The monoisotopic (exact) mass is 271 g/mol. The molecule has 0 unspecified atom stereocenters. The third-order valence-corrected chi connectivity index (χ3v) is 4.05. The Morgan fingerprint density at radius 2 is 1.95 bits per heavy atom. The van der Waals surface area contributed by atoms with Crippen LogP contribution in [0.5, 0.6) is 0 Å². The Bertz CT molecular complexity index is 306. The van der Waals surface area contributed by atoms with Gasteiger partial charge in [0.2, 0.25) is 5.91 Å². The molecule has 0 radical (unpaired) electrons. The summed E-state index contributed by atoms with van der Waals surface area (Å²) in [5.41, 5.74) is 0. The molecular weight excluding hydrogens is 246 g/mol. The zero-order valence-corrected chi connectivity index (χ0v) is 11.9. The molecule has 0 bridgehead atoms. The van der Waals surface area contributed by atoms with Gasteiger partial charge in [-0.1, -0.05) is 0 Å². The van der Waals surface area contributed by atoms with Crippen LogP contribution < -0.4 is 0 Å². The highest BCUT2D eigenvalue weighted by molar-refractivity contribution is 5.77. The van der Waals surface area contributed by atoms with Crippen molar-refractivity contribution in [2.45, 2.75) is 19.1 Å². The van der Waals surface area contributed by atoms with Crippen LogP contribution in [0, 0.1) is 0 Å². The first-order valence-electron chi connectivity index (χ1n) is 7.08. The molecule has 110 valence electrons. The average Bonchev–Trinajstić information content (AvgIpc) is 2.79. The van der Waals surface area contributed by atoms with Crippen LogP contribution in [0.1, 0.15) is 6.92 Å². The standard InChI is InChI=1S/C13H25N3O3/c1-3-19-10-13(18)16-8-11(12(17)9-16)15-6-4-14(2)5-7-15/h11-12,17H,3-10H2,1-2H3/t11-,12-/m1/s1. The molecule has 6 heteroatoms. The van der Waals surface area contributed by atoms with Crippen LogP contribution in [0.3, 0.4) is 0 Å². The van der Waals surface area contributed by atoms with E-state index < -0.39 is 6.10 Å². The van der Waals surface area contributed by atoms with Gasteiger partial charge in [-0.3, -0.25) is 9.69 Å². The van der Waals surface area contributed by atoms with Crippen molar-refractivity contribution in [1.82, 2.24) is 14.7 Å². The predicted molar refractivity (Wildman–Crippen MR) is 71.9 cm³/mol. The minimum absolute atomic E-state index is 0.0162. The highest BCUT2D eigenvalue weighted by atomic mass is 16.5. The van der Waals surface area contributed by atoms with Gasteiger partial charge in [0.25, 0.3) is 0 Å². The quantitative estimate of drug-likeness (QED) is 0.699. The highest BCUT2D eigenvalue weighted by Crippen LogP contribution is 2.18. The molecule has 19 heavy (non-hydrogen) atoms. The number of β-amino-alcohol motifs (C(OH)–C–C–N with tert-alkyl or cyclic N) is 1. The predicted octanol–water partition coefficient (Wildman–Crippen LogP) is -1.16. The summed E-state index contributed by atoms with van der Waals surface area (Å²) in [6, 6.07) is 0.0827. The second-order valence-corrected chi connectivity index (χ2v) is 5.41. The summed E-state index contributed by atoms with van der Waals surface area (Å²) in [7, 11) is 2.11. The van der Waals surface area contributed by atoms with Gasteiger partial charge >= 0.3 is 0 Å². The maximum atomic E-state index is 11.9. The van der Waals surface area contributed by atoms with Crippen molar-refractivity contribution >= 4 is 5.91 Å². The van der Waals surface area contributed by atoms with Crippen LogP contribution in [-0.4, -0.2) is 97.4 Å². The van der Waals surface area contributed by atoms with Gasteiger partial charge in [0.15, 0.2) is 0 Å².